The zero-order chi connectivity index (χ0) is 17.9. The fraction of sp³-hybridized carbons (Fsp3) is 0.214. The third kappa shape index (κ3) is 3.65. The number of nitro benzene ring substituents is 1. The van der Waals surface area contributed by atoms with Gasteiger partial charge in [0, 0.05) is 25.0 Å². The minimum Gasteiger partial charge on any atom is -0.375 e. The summed E-state index contributed by atoms with van der Waals surface area (Å²) in [6.45, 7) is 2.05. The predicted molar refractivity (Wildman–Crippen MR) is 82.6 cm³/mol. The number of aromatic nitrogens is 1. The quantitative estimate of drug-likeness (QED) is 0.630. The van der Waals surface area contributed by atoms with Gasteiger partial charge in [0.2, 0.25) is 9.84 Å². The third-order valence-electron chi connectivity index (χ3n) is 3.33. The molecule has 0 spiro atoms. The highest BCUT2D eigenvalue weighted by Gasteiger charge is 2.29. The molecule has 0 radical (unpaired) electrons. The fourth-order valence-electron chi connectivity index (χ4n) is 1.98. The Hall–Kier alpha value is -2.62. The van der Waals surface area contributed by atoms with Gasteiger partial charge in [-0.15, -0.1) is 0 Å². The Bertz CT molecular complexity index is 872. The highest BCUT2D eigenvalue weighted by Crippen LogP contribution is 2.30. The Morgan fingerprint density at radius 1 is 1.33 bits per heavy atom. The summed E-state index contributed by atoms with van der Waals surface area (Å²) in [6.07, 6.45) is 3.19. The SMILES string of the molecule is Cc1cnccc1CNc1ccc(S(=O)(=O)C(F)F)cc1[N+](=O)[O-]. The second-order valence-electron chi connectivity index (χ2n) is 4.90. The number of benzene rings is 1. The van der Waals surface area contributed by atoms with Gasteiger partial charge in [0.25, 0.3) is 5.69 Å². The first-order valence-corrected chi connectivity index (χ1v) is 8.22. The van der Waals surface area contributed by atoms with Crippen LogP contribution in [0.1, 0.15) is 11.1 Å². The van der Waals surface area contributed by atoms with Crippen molar-refractivity contribution in [3.05, 3.63) is 57.9 Å². The van der Waals surface area contributed by atoms with Crippen LogP contribution in [0.3, 0.4) is 0 Å². The molecule has 7 nitrogen and oxygen atoms in total. The summed E-state index contributed by atoms with van der Waals surface area (Å²) in [6, 6.07) is 4.37. The highest BCUT2D eigenvalue weighted by molar-refractivity contribution is 7.91. The normalized spacial score (nSPS) is 11.5. The van der Waals surface area contributed by atoms with Crippen LogP contribution in [0, 0.1) is 17.0 Å². The monoisotopic (exact) mass is 357 g/mol. The van der Waals surface area contributed by atoms with E-state index in [1.807, 2.05) is 6.92 Å². The molecular formula is C14H13F2N3O4S. The average molecular weight is 357 g/mol. The Balaban J connectivity index is 2.34. The average Bonchev–Trinajstić information content (AvgIpc) is 2.53. The van der Waals surface area contributed by atoms with Gasteiger partial charge in [-0.25, -0.2) is 8.42 Å². The van der Waals surface area contributed by atoms with Gasteiger partial charge >= 0.3 is 5.76 Å². The Labute approximate surface area is 136 Å². The smallest absolute Gasteiger partial charge is 0.341 e. The minimum atomic E-state index is -4.90. The van der Waals surface area contributed by atoms with Crippen LogP contribution in [-0.2, 0) is 16.4 Å². The number of halogens is 2. The molecule has 0 aliphatic carbocycles. The van der Waals surface area contributed by atoms with Crippen molar-refractivity contribution in [2.75, 3.05) is 5.32 Å². The second-order valence-corrected chi connectivity index (χ2v) is 6.82. The lowest BCUT2D eigenvalue weighted by molar-refractivity contribution is -0.384. The van der Waals surface area contributed by atoms with Crippen LogP contribution in [-0.4, -0.2) is 24.1 Å². The van der Waals surface area contributed by atoms with Crippen LogP contribution in [0.25, 0.3) is 0 Å². The van der Waals surface area contributed by atoms with Crippen molar-refractivity contribution in [2.45, 2.75) is 24.1 Å². The van der Waals surface area contributed by atoms with Gasteiger partial charge in [0.15, 0.2) is 0 Å². The summed E-state index contributed by atoms with van der Waals surface area (Å²) in [5, 5.41) is 13.9. The summed E-state index contributed by atoms with van der Waals surface area (Å²) >= 11 is 0. The fourth-order valence-corrected chi connectivity index (χ4v) is 2.72. The van der Waals surface area contributed by atoms with Crippen molar-refractivity contribution in [3.8, 4) is 0 Å². The van der Waals surface area contributed by atoms with Crippen molar-refractivity contribution in [3.63, 3.8) is 0 Å². The maximum atomic E-state index is 12.6. The number of pyridine rings is 1. The number of nitro groups is 1. The van der Waals surface area contributed by atoms with Crippen molar-refractivity contribution < 1.29 is 22.1 Å². The molecule has 0 aliphatic heterocycles. The van der Waals surface area contributed by atoms with Crippen molar-refractivity contribution in [2.24, 2.45) is 0 Å². The molecule has 1 N–H and O–H groups in total. The van der Waals surface area contributed by atoms with E-state index in [4.69, 9.17) is 0 Å². The van der Waals surface area contributed by atoms with E-state index < -0.39 is 31.1 Å². The summed E-state index contributed by atoms with van der Waals surface area (Å²) in [7, 11) is -4.90. The molecule has 0 atom stereocenters. The Morgan fingerprint density at radius 3 is 2.62 bits per heavy atom. The Morgan fingerprint density at radius 2 is 2.04 bits per heavy atom. The number of nitrogens with zero attached hydrogens (tertiary/aromatic N) is 2. The molecular weight excluding hydrogens is 344 g/mol. The van der Waals surface area contributed by atoms with Crippen molar-refractivity contribution >= 4 is 21.2 Å². The van der Waals surface area contributed by atoms with Crippen LogP contribution in [0.2, 0.25) is 0 Å². The van der Waals surface area contributed by atoms with E-state index in [0.717, 1.165) is 23.3 Å². The maximum Gasteiger partial charge on any atom is 0.341 e. The molecule has 2 aromatic rings. The largest absolute Gasteiger partial charge is 0.375 e. The number of nitrogens with one attached hydrogen (secondary N) is 1. The predicted octanol–water partition coefficient (Wildman–Crippen LogP) is 2.91. The minimum absolute atomic E-state index is 0.0319. The number of hydrogen-bond donors (Lipinski definition) is 1. The molecule has 1 heterocycles. The molecule has 24 heavy (non-hydrogen) atoms. The van der Waals surface area contributed by atoms with E-state index in [-0.39, 0.29) is 12.2 Å². The highest BCUT2D eigenvalue weighted by atomic mass is 32.2. The first-order valence-electron chi connectivity index (χ1n) is 6.67. The number of hydrogen-bond acceptors (Lipinski definition) is 6. The van der Waals surface area contributed by atoms with E-state index >= 15 is 0 Å². The second kappa shape index (κ2) is 6.87. The molecule has 0 saturated heterocycles. The molecule has 0 aliphatic rings. The number of anilines is 1. The van der Waals surface area contributed by atoms with Crippen molar-refractivity contribution in [1.82, 2.24) is 4.98 Å². The van der Waals surface area contributed by atoms with Crippen LogP contribution in [0.5, 0.6) is 0 Å². The summed E-state index contributed by atoms with van der Waals surface area (Å²) in [4.78, 5) is 13.4. The first kappa shape index (κ1) is 17.7. The molecule has 1 aromatic heterocycles. The van der Waals surface area contributed by atoms with Gasteiger partial charge < -0.3 is 5.32 Å². The number of sulfone groups is 1. The van der Waals surface area contributed by atoms with Gasteiger partial charge in [-0.3, -0.25) is 15.1 Å². The lowest BCUT2D eigenvalue weighted by atomic mass is 10.1. The molecule has 0 unspecified atom stereocenters. The van der Waals surface area contributed by atoms with Crippen LogP contribution >= 0.6 is 0 Å². The van der Waals surface area contributed by atoms with Gasteiger partial charge in [-0.05, 0) is 36.2 Å². The lowest BCUT2D eigenvalue weighted by Gasteiger charge is -2.10. The van der Waals surface area contributed by atoms with E-state index in [1.54, 1.807) is 18.5 Å². The molecule has 1 aromatic carbocycles. The molecule has 0 fully saturated rings. The number of aryl methyl sites for hydroxylation is 1. The molecule has 0 saturated carbocycles. The van der Waals surface area contributed by atoms with Crippen LogP contribution in [0.15, 0.2) is 41.6 Å². The summed E-state index contributed by atoms with van der Waals surface area (Å²) < 4.78 is 48.0. The molecule has 0 amide bonds. The third-order valence-corrected chi connectivity index (χ3v) is 4.71. The summed E-state index contributed by atoms with van der Waals surface area (Å²) in [5.41, 5.74) is 1.14. The van der Waals surface area contributed by atoms with Gasteiger partial charge in [0.05, 0.1) is 9.82 Å². The van der Waals surface area contributed by atoms with E-state index in [0.29, 0.717) is 6.07 Å². The molecule has 0 bridgehead atoms. The lowest BCUT2D eigenvalue weighted by Crippen LogP contribution is -2.12. The van der Waals surface area contributed by atoms with Gasteiger partial charge in [-0.1, -0.05) is 0 Å². The number of alkyl halides is 2. The molecule has 2 rings (SSSR count). The van der Waals surface area contributed by atoms with Crippen LogP contribution in [0.4, 0.5) is 20.2 Å². The van der Waals surface area contributed by atoms with Crippen molar-refractivity contribution in [1.29, 1.82) is 0 Å². The first-order chi connectivity index (χ1) is 11.2. The zero-order valence-corrected chi connectivity index (χ0v) is 13.3. The zero-order valence-electron chi connectivity index (χ0n) is 12.4. The standard InChI is InChI=1S/C14H13F2N3O4S/c1-9-7-17-5-4-10(9)8-18-12-3-2-11(6-13(12)19(20)21)24(22,23)14(15)16/h2-7,14,18H,8H2,1H3. The topological polar surface area (TPSA) is 102 Å². The van der Waals surface area contributed by atoms with E-state index in [1.165, 1.54) is 0 Å². The van der Waals surface area contributed by atoms with E-state index in [2.05, 4.69) is 10.3 Å². The molecule has 128 valence electrons. The number of rotatable bonds is 6. The Kier molecular flexibility index (Phi) is 5.07. The van der Waals surface area contributed by atoms with Crippen LogP contribution < -0.4 is 5.32 Å². The van der Waals surface area contributed by atoms with Gasteiger partial charge in [-0.2, -0.15) is 8.78 Å². The maximum absolute atomic E-state index is 12.6. The van der Waals surface area contributed by atoms with Gasteiger partial charge in [0.1, 0.15) is 5.69 Å². The molecule has 10 heteroatoms. The summed E-state index contributed by atoms with van der Waals surface area (Å²) in [5.74, 6) is -3.64. The van der Waals surface area contributed by atoms with E-state index in [9.17, 15) is 27.3 Å².